The van der Waals surface area contributed by atoms with Gasteiger partial charge in [0.2, 0.25) is 0 Å². The van der Waals surface area contributed by atoms with E-state index in [1.165, 1.54) is 11.1 Å². The molecule has 3 aromatic rings. The highest BCUT2D eigenvalue weighted by atomic mass is 16.5. The van der Waals surface area contributed by atoms with Gasteiger partial charge in [0.15, 0.2) is 5.76 Å². The van der Waals surface area contributed by atoms with Crippen LogP contribution in [0.5, 0.6) is 5.75 Å². The standard InChI is InChI=1S/C24H23N3O4/c28-23(20-13-11-17(31-20)14-30-16-7-2-1-3-8-16)26-27-24(29)25-22-19-12-10-15-6-4-5-9-18(15)21(19)22/h1-9,11,13,19,21-22H,10,12,14H2,(H,26,28)(H2,25,27,29). The summed E-state index contributed by atoms with van der Waals surface area (Å²) < 4.78 is 11.1. The number of fused-ring (bicyclic) bond motifs is 3. The monoisotopic (exact) mass is 417 g/mol. The third kappa shape index (κ3) is 4.12. The number of amides is 3. The molecule has 5 rings (SSSR count). The Labute approximate surface area is 179 Å². The lowest BCUT2D eigenvalue weighted by Gasteiger charge is -2.13. The van der Waals surface area contributed by atoms with E-state index >= 15 is 0 Å². The fraction of sp³-hybridized carbons (Fsp3) is 0.250. The first-order chi connectivity index (χ1) is 15.2. The summed E-state index contributed by atoms with van der Waals surface area (Å²) in [6.45, 7) is 0.205. The Morgan fingerprint density at radius 1 is 0.968 bits per heavy atom. The molecule has 0 spiro atoms. The molecule has 7 nitrogen and oxygen atoms in total. The van der Waals surface area contributed by atoms with E-state index in [4.69, 9.17) is 9.15 Å². The van der Waals surface area contributed by atoms with Crippen LogP contribution in [0.2, 0.25) is 0 Å². The fourth-order valence-corrected chi connectivity index (χ4v) is 4.37. The fourth-order valence-electron chi connectivity index (χ4n) is 4.37. The predicted octanol–water partition coefficient (Wildman–Crippen LogP) is 3.53. The van der Waals surface area contributed by atoms with Gasteiger partial charge in [0.25, 0.3) is 0 Å². The number of para-hydroxylation sites is 1. The molecule has 0 aliphatic heterocycles. The molecular weight excluding hydrogens is 394 g/mol. The van der Waals surface area contributed by atoms with Gasteiger partial charge in [-0.3, -0.25) is 10.2 Å². The van der Waals surface area contributed by atoms with Crippen LogP contribution in [0.3, 0.4) is 0 Å². The zero-order chi connectivity index (χ0) is 21.2. The van der Waals surface area contributed by atoms with Crippen molar-refractivity contribution in [3.8, 4) is 5.75 Å². The molecule has 3 atom stereocenters. The number of hydrazine groups is 1. The summed E-state index contributed by atoms with van der Waals surface area (Å²) in [5.74, 6) is 1.63. The largest absolute Gasteiger partial charge is 0.486 e. The first-order valence-electron chi connectivity index (χ1n) is 10.4. The average molecular weight is 417 g/mol. The van der Waals surface area contributed by atoms with E-state index in [0.29, 0.717) is 23.3 Å². The molecule has 1 heterocycles. The van der Waals surface area contributed by atoms with Gasteiger partial charge >= 0.3 is 11.9 Å². The molecule has 3 unspecified atom stereocenters. The number of nitrogens with one attached hydrogen (secondary N) is 3. The van der Waals surface area contributed by atoms with Gasteiger partial charge in [-0.25, -0.2) is 10.2 Å². The molecule has 1 fully saturated rings. The van der Waals surface area contributed by atoms with Crippen molar-refractivity contribution in [2.45, 2.75) is 31.4 Å². The van der Waals surface area contributed by atoms with Crippen LogP contribution in [0.25, 0.3) is 0 Å². The first-order valence-corrected chi connectivity index (χ1v) is 10.4. The highest BCUT2D eigenvalue weighted by molar-refractivity contribution is 5.92. The summed E-state index contributed by atoms with van der Waals surface area (Å²) in [4.78, 5) is 24.5. The van der Waals surface area contributed by atoms with Gasteiger partial charge < -0.3 is 14.5 Å². The molecule has 0 radical (unpaired) electrons. The number of carbonyl (C=O) groups is 2. The first kappa shape index (κ1) is 19.2. The lowest BCUT2D eigenvalue weighted by atomic mass is 9.92. The van der Waals surface area contributed by atoms with E-state index in [2.05, 4.69) is 34.4 Å². The molecule has 158 valence electrons. The molecular formula is C24H23N3O4. The number of aryl methyl sites for hydroxylation is 1. The topological polar surface area (TPSA) is 92.6 Å². The molecule has 1 saturated carbocycles. The van der Waals surface area contributed by atoms with E-state index in [1.807, 2.05) is 36.4 Å². The van der Waals surface area contributed by atoms with Crippen molar-refractivity contribution >= 4 is 11.9 Å². The zero-order valence-electron chi connectivity index (χ0n) is 16.8. The Morgan fingerprint density at radius 3 is 2.65 bits per heavy atom. The summed E-state index contributed by atoms with van der Waals surface area (Å²) in [5, 5.41) is 2.97. The average Bonchev–Trinajstić information content (AvgIpc) is 3.29. The van der Waals surface area contributed by atoms with Crippen LogP contribution in [0.4, 0.5) is 4.79 Å². The molecule has 31 heavy (non-hydrogen) atoms. The van der Waals surface area contributed by atoms with E-state index in [9.17, 15) is 9.59 Å². The number of hydrogen-bond acceptors (Lipinski definition) is 4. The Bertz CT molecular complexity index is 1090. The Balaban J connectivity index is 1.09. The van der Waals surface area contributed by atoms with Crippen LogP contribution in [-0.2, 0) is 13.0 Å². The zero-order valence-corrected chi connectivity index (χ0v) is 16.8. The normalized spacial score (nSPS) is 20.7. The van der Waals surface area contributed by atoms with Gasteiger partial charge in [0.05, 0.1) is 0 Å². The van der Waals surface area contributed by atoms with Gasteiger partial charge in [-0.1, -0.05) is 42.5 Å². The van der Waals surface area contributed by atoms with Crippen LogP contribution in [0.1, 0.15) is 39.8 Å². The van der Waals surface area contributed by atoms with Gasteiger partial charge in [-0.2, -0.15) is 0 Å². The third-order valence-electron chi connectivity index (χ3n) is 5.93. The maximum absolute atomic E-state index is 12.3. The second-order valence-corrected chi connectivity index (χ2v) is 7.87. The number of rotatable bonds is 5. The molecule has 3 N–H and O–H groups in total. The number of hydrogen-bond donors (Lipinski definition) is 3. The Hall–Kier alpha value is -3.74. The minimum absolute atomic E-state index is 0.0981. The van der Waals surface area contributed by atoms with E-state index in [0.717, 1.165) is 12.8 Å². The Morgan fingerprint density at radius 2 is 1.77 bits per heavy atom. The van der Waals surface area contributed by atoms with E-state index < -0.39 is 11.9 Å². The highest BCUT2D eigenvalue weighted by Gasteiger charge is 2.53. The third-order valence-corrected chi connectivity index (χ3v) is 5.93. The van der Waals surface area contributed by atoms with Crippen molar-refractivity contribution < 1.29 is 18.7 Å². The van der Waals surface area contributed by atoms with Crippen LogP contribution >= 0.6 is 0 Å². The summed E-state index contributed by atoms with van der Waals surface area (Å²) in [6, 6.07) is 20.6. The molecule has 2 aliphatic carbocycles. The summed E-state index contributed by atoms with van der Waals surface area (Å²) in [6.07, 6.45) is 2.11. The lowest BCUT2D eigenvalue weighted by Crippen LogP contribution is -2.47. The number of benzene rings is 2. The summed E-state index contributed by atoms with van der Waals surface area (Å²) >= 11 is 0. The molecule has 1 aromatic heterocycles. The smallest absolute Gasteiger partial charge is 0.333 e. The predicted molar refractivity (Wildman–Crippen MR) is 113 cm³/mol. The van der Waals surface area contributed by atoms with Crippen molar-refractivity contribution in [2.75, 3.05) is 0 Å². The molecule has 2 aromatic carbocycles. The van der Waals surface area contributed by atoms with E-state index in [-0.39, 0.29) is 18.4 Å². The van der Waals surface area contributed by atoms with E-state index in [1.54, 1.807) is 12.1 Å². The molecule has 7 heteroatoms. The minimum Gasteiger partial charge on any atom is -0.486 e. The maximum atomic E-state index is 12.3. The van der Waals surface area contributed by atoms with Crippen molar-refractivity contribution in [3.63, 3.8) is 0 Å². The van der Waals surface area contributed by atoms with Crippen molar-refractivity contribution in [1.82, 2.24) is 16.2 Å². The van der Waals surface area contributed by atoms with Crippen molar-refractivity contribution in [2.24, 2.45) is 5.92 Å². The molecule has 0 bridgehead atoms. The van der Waals surface area contributed by atoms with Gasteiger partial charge in [0.1, 0.15) is 18.1 Å². The second-order valence-electron chi connectivity index (χ2n) is 7.87. The lowest BCUT2D eigenvalue weighted by molar-refractivity contribution is 0.0904. The number of urea groups is 1. The minimum atomic E-state index is -0.528. The molecule has 3 amide bonds. The van der Waals surface area contributed by atoms with Crippen molar-refractivity contribution in [3.05, 3.63) is 89.4 Å². The van der Waals surface area contributed by atoms with Crippen LogP contribution in [0, 0.1) is 5.92 Å². The number of carbonyl (C=O) groups excluding carboxylic acids is 2. The maximum Gasteiger partial charge on any atom is 0.333 e. The highest BCUT2D eigenvalue weighted by Crippen LogP contribution is 2.54. The van der Waals surface area contributed by atoms with Gasteiger partial charge in [-0.05, 0) is 54.2 Å². The quantitative estimate of drug-likeness (QED) is 0.554. The number of furan rings is 1. The SMILES string of the molecule is O=C(NNC(=O)c1ccc(COc2ccccc2)o1)NC1C2CCc3ccccc3C21. The number of ether oxygens (including phenoxy) is 1. The summed E-state index contributed by atoms with van der Waals surface area (Å²) in [7, 11) is 0. The van der Waals surface area contributed by atoms with Crippen LogP contribution in [0.15, 0.2) is 71.1 Å². The molecule has 2 aliphatic rings. The summed E-state index contributed by atoms with van der Waals surface area (Å²) in [5.41, 5.74) is 7.49. The Kier molecular flexibility index (Phi) is 5.08. The van der Waals surface area contributed by atoms with Crippen LogP contribution in [-0.4, -0.2) is 18.0 Å². The molecule has 0 saturated heterocycles. The van der Waals surface area contributed by atoms with Crippen molar-refractivity contribution in [1.29, 1.82) is 0 Å². The van der Waals surface area contributed by atoms with Crippen LogP contribution < -0.4 is 20.9 Å². The second kappa shape index (κ2) is 8.18. The van der Waals surface area contributed by atoms with Gasteiger partial charge in [-0.15, -0.1) is 0 Å². The van der Waals surface area contributed by atoms with Gasteiger partial charge in [0, 0.05) is 12.0 Å².